The number of nitrogens with two attached hydrogens (primary N) is 1. The molecule has 2 aromatic carbocycles. The standard InChI is InChI=1S/C12H13NO2/c1-14-12-7-6-9-4-2-3-5-10(9)11(12)8-15-13/h2-7H,8,13H2,1H3. The van der Waals surface area contributed by atoms with Crippen LogP contribution >= 0.6 is 0 Å². The molecular weight excluding hydrogens is 190 g/mol. The molecule has 0 spiro atoms. The highest BCUT2D eigenvalue weighted by atomic mass is 16.6. The smallest absolute Gasteiger partial charge is 0.125 e. The summed E-state index contributed by atoms with van der Waals surface area (Å²) in [5.74, 6) is 5.92. The molecule has 0 bridgehead atoms. The number of methoxy groups -OCH3 is 1. The molecule has 15 heavy (non-hydrogen) atoms. The molecule has 0 saturated heterocycles. The first-order valence-electron chi connectivity index (χ1n) is 4.73. The summed E-state index contributed by atoms with van der Waals surface area (Å²) >= 11 is 0. The zero-order valence-electron chi connectivity index (χ0n) is 8.57. The summed E-state index contributed by atoms with van der Waals surface area (Å²) in [6.45, 7) is 0.352. The van der Waals surface area contributed by atoms with Crippen LogP contribution in [0.2, 0.25) is 0 Å². The second-order valence-electron chi connectivity index (χ2n) is 3.28. The van der Waals surface area contributed by atoms with Gasteiger partial charge in [0.25, 0.3) is 0 Å². The Bertz CT molecular complexity index is 468. The van der Waals surface area contributed by atoms with Gasteiger partial charge in [-0.2, -0.15) is 0 Å². The highest BCUT2D eigenvalue weighted by Gasteiger charge is 2.07. The van der Waals surface area contributed by atoms with Crippen molar-refractivity contribution in [3.05, 3.63) is 42.0 Å². The maximum atomic E-state index is 5.27. The van der Waals surface area contributed by atoms with Crippen molar-refractivity contribution in [3.8, 4) is 5.75 Å². The lowest BCUT2D eigenvalue weighted by atomic mass is 10.0. The molecule has 0 saturated carbocycles. The summed E-state index contributed by atoms with van der Waals surface area (Å²) in [5, 5.41) is 2.27. The first kappa shape index (κ1) is 9.96. The first-order chi connectivity index (χ1) is 7.36. The van der Waals surface area contributed by atoms with E-state index in [1.165, 1.54) is 0 Å². The van der Waals surface area contributed by atoms with Crippen LogP contribution in [0.25, 0.3) is 10.8 Å². The number of benzene rings is 2. The topological polar surface area (TPSA) is 44.5 Å². The predicted octanol–water partition coefficient (Wildman–Crippen LogP) is 2.24. The van der Waals surface area contributed by atoms with E-state index in [2.05, 4.69) is 6.07 Å². The van der Waals surface area contributed by atoms with Crippen molar-refractivity contribution in [2.45, 2.75) is 6.61 Å². The Morgan fingerprint density at radius 3 is 2.67 bits per heavy atom. The average Bonchev–Trinajstić information content (AvgIpc) is 2.30. The van der Waals surface area contributed by atoms with Crippen LogP contribution in [0.15, 0.2) is 36.4 Å². The van der Waals surface area contributed by atoms with E-state index < -0.39 is 0 Å². The van der Waals surface area contributed by atoms with Gasteiger partial charge in [-0.05, 0) is 16.8 Å². The van der Waals surface area contributed by atoms with E-state index in [0.29, 0.717) is 6.61 Å². The SMILES string of the molecule is COc1ccc2ccccc2c1CON. The van der Waals surface area contributed by atoms with Crippen molar-refractivity contribution in [1.29, 1.82) is 0 Å². The van der Waals surface area contributed by atoms with E-state index in [4.69, 9.17) is 15.5 Å². The van der Waals surface area contributed by atoms with Crippen molar-refractivity contribution in [2.24, 2.45) is 5.90 Å². The lowest BCUT2D eigenvalue weighted by Crippen LogP contribution is -2.01. The molecule has 3 heteroatoms. The predicted molar refractivity (Wildman–Crippen MR) is 59.5 cm³/mol. The molecule has 3 nitrogen and oxygen atoms in total. The summed E-state index contributed by atoms with van der Waals surface area (Å²) in [5.41, 5.74) is 0.984. The number of hydrogen-bond acceptors (Lipinski definition) is 3. The highest BCUT2D eigenvalue weighted by Crippen LogP contribution is 2.28. The van der Waals surface area contributed by atoms with E-state index in [1.807, 2.05) is 30.3 Å². The summed E-state index contributed by atoms with van der Waals surface area (Å²) in [4.78, 5) is 4.70. The van der Waals surface area contributed by atoms with Gasteiger partial charge in [0.1, 0.15) is 5.75 Å². The summed E-state index contributed by atoms with van der Waals surface area (Å²) < 4.78 is 5.27. The van der Waals surface area contributed by atoms with Gasteiger partial charge in [-0.25, -0.2) is 5.90 Å². The van der Waals surface area contributed by atoms with Gasteiger partial charge >= 0.3 is 0 Å². The van der Waals surface area contributed by atoms with Gasteiger partial charge in [0.2, 0.25) is 0 Å². The zero-order chi connectivity index (χ0) is 10.7. The average molecular weight is 203 g/mol. The van der Waals surface area contributed by atoms with Gasteiger partial charge in [-0.1, -0.05) is 30.3 Å². The molecule has 2 N–H and O–H groups in total. The minimum Gasteiger partial charge on any atom is -0.496 e. The summed E-state index contributed by atoms with van der Waals surface area (Å²) in [7, 11) is 1.64. The maximum Gasteiger partial charge on any atom is 0.125 e. The fourth-order valence-electron chi connectivity index (χ4n) is 1.74. The van der Waals surface area contributed by atoms with Gasteiger partial charge in [0.15, 0.2) is 0 Å². The number of rotatable bonds is 3. The van der Waals surface area contributed by atoms with E-state index in [-0.39, 0.29) is 0 Å². The van der Waals surface area contributed by atoms with Crippen LogP contribution in [0.3, 0.4) is 0 Å². The Kier molecular flexibility index (Phi) is 2.85. The Labute approximate surface area is 88.4 Å². The second-order valence-corrected chi connectivity index (χ2v) is 3.28. The molecule has 2 aromatic rings. The third-order valence-electron chi connectivity index (χ3n) is 2.45. The Hall–Kier alpha value is -1.58. The minimum absolute atomic E-state index is 0.352. The molecule has 0 aromatic heterocycles. The molecule has 0 aliphatic rings. The molecule has 0 atom stereocenters. The maximum absolute atomic E-state index is 5.27. The van der Waals surface area contributed by atoms with Gasteiger partial charge < -0.3 is 4.74 Å². The number of hydrogen-bond donors (Lipinski definition) is 1. The molecule has 0 fully saturated rings. The molecule has 2 rings (SSSR count). The van der Waals surface area contributed by atoms with Crippen LogP contribution in [0.4, 0.5) is 0 Å². The third kappa shape index (κ3) is 1.79. The molecule has 0 aliphatic carbocycles. The molecule has 78 valence electrons. The lowest BCUT2D eigenvalue weighted by molar-refractivity contribution is 0.123. The van der Waals surface area contributed by atoms with Crippen LogP contribution in [0.1, 0.15) is 5.56 Å². The van der Waals surface area contributed by atoms with Crippen molar-refractivity contribution in [2.75, 3.05) is 7.11 Å². The second kappa shape index (κ2) is 4.29. The molecule has 0 aliphatic heterocycles. The van der Waals surface area contributed by atoms with E-state index in [9.17, 15) is 0 Å². The fraction of sp³-hybridized carbons (Fsp3) is 0.167. The normalized spacial score (nSPS) is 10.5. The lowest BCUT2D eigenvalue weighted by Gasteiger charge is -2.10. The van der Waals surface area contributed by atoms with Gasteiger partial charge in [-0.3, -0.25) is 4.84 Å². The van der Waals surface area contributed by atoms with Crippen molar-refractivity contribution in [1.82, 2.24) is 0 Å². The van der Waals surface area contributed by atoms with E-state index in [0.717, 1.165) is 22.1 Å². The number of fused-ring (bicyclic) bond motifs is 1. The monoisotopic (exact) mass is 203 g/mol. The summed E-state index contributed by atoms with van der Waals surface area (Å²) in [6, 6.07) is 12.0. The van der Waals surface area contributed by atoms with Crippen molar-refractivity contribution in [3.63, 3.8) is 0 Å². The van der Waals surface area contributed by atoms with Crippen LogP contribution in [0, 0.1) is 0 Å². The highest BCUT2D eigenvalue weighted by molar-refractivity contribution is 5.87. The van der Waals surface area contributed by atoms with Crippen LogP contribution in [-0.2, 0) is 11.4 Å². The van der Waals surface area contributed by atoms with E-state index >= 15 is 0 Å². The quantitative estimate of drug-likeness (QED) is 0.778. The Morgan fingerprint density at radius 2 is 1.93 bits per heavy atom. The van der Waals surface area contributed by atoms with Gasteiger partial charge in [0.05, 0.1) is 13.7 Å². The van der Waals surface area contributed by atoms with Crippen molar-refractivity contribution < 1.29 is 9.57 Å². The molecule has 0 radical (unpaired) electrons. The van der Waals surface area contributed by atoms with Gasteiger partial charge in [-0.15, -0.1) is 0 Å². The summed E-state index contributed by atoms with van der Waals surface area (Å²) in [6.07, 6.45) is 0. The molecular formula is C12H13NO2. The molecule has 0 unspecified atom stereocenters. The minimum atomic E-state index is 0.352. The third-order valence-corrected chi connectivity index (χ3v) is 2.45. The van der Waals surface area contributed by atoms with E-state index in [1.54, 1.807) is 7.11 Å². The van der Waals surface area contributed by atoms with Crippen LogP contribution in [-0.4, -0.2) is 7.11 Å². The van der Waals surface area contributed by atoms with Crippen LogP contribution in [0.5, 0.6) is 5.75 Å². The van der Waals surface area contributed by atoms with Crippen molar-refractivity contribution >= 4 is 10.8 Å². The van der Waals surface area contributed by atoms with Crippen LogP contribution < -0.4 is 10.6 Å². The largest absolute Gasteiger partial charge is 0.496 e. The molecule has 0 amide bonds. The first-order valence-corrected chi connectivity index (χ1v) is 4.73. The van der Waals surface area contributed by atoms with Gasteiger partial charge in [0, 0.05) is 5.56 Å². The zero-order valence-corrected chi connectivity index (χ0v) is 8.57. The Balaban J connectivity index is 2.67. The Morgan fingerprint density at radius 1 is 1.13 bits per heavy atom. The number of ether oxygens (including phenoxy) is 1. The fourth-order valence-corrected chi connectivity index (χ4v) is 1.74. The molecule has 0 heterocycles.